The third kappa shape index (κ3) is 3.70. The van der Waals surface area contributed by atoms with Gasteiger partial charge in [-0.05, 0) is 12.3 Å². The first-order chi connectivity index (χ1) is 11.0. The van der Waals surface area contributed by atoms with Crippen molar-refractivity contribution in [2.45, 2.75) is 19.9 Å². The lowest BCUT2D eigenvalue weighted by atomic mass is 10.1. The predicted molar refractivity (Wildman–Crippen MR) is 86.0 cm³/mol. The van der Waals surface area contributed by atoms with E-state index in [0.29, 0.717) is 12.1 Å². The molecule has 1 aromatic heterocycles. The summed E-state index contributed by atoms with van der Waals surface area (Å²) in [5, 5.41) is 18.9. The van der Waals surface area contributed by atoms with E-state index in [-0.39, 0.29) is 12.1 Å². The van der Waals surface area contributed by atoms with E-state index in [2.05, 4.69) is 23.7 Å². The molecule has 1 saturated heterocycles. The second kappa shape index (κ2) is 7.28. The molecule has 0 bridgehead atoms. The van der Waals surface area contributed by atoms with Gasteiger partial charge in [0.25, 0.3) is 5.56 Å². The van der Waals surface area contributed by atoms with E-state index < -0.39 is 17.1 Å². The van der Waals surface area contributed by atoms with Gasteiger partial charge >= 0.3 is 5.69 Å². The maximum absolute atomic E-state index is 12.5. The molecule has 0 radical (unpaired) electrons. The van der Waals surface area contributed by atoms with Crippen molar-refractivity contribution < 1.29 is 10.0 Å². The summed E-state index contributed by atoms with van der Waals surface area (Å²) in [5.74, 6) is -0.612. The number of H-pyrrole nitrogens is 1. The number of aromatic amines is 1. The molecule has 0 unspecified atom stereocenters. The minimum Gasteiger partial charge on any atom is -0.859 e. The third-order valence-corrected chi connectivity index (χ3v) is 3.94. The smallest absolute Gasteiger partial charge is 0.328 e. The Labute approximate surface area is 134 Å². The van der Waals surface area contributed by atoms with E-state index in [4.69, 9.17) is 0 Å². The zero-order valence-electron chi connectivity index (χ0n) is 13.6. The lowest BCUT2D eigenvalue weighted by Crippen LogP contribution is -3.11. The van der Waals surface area contributed by atoms with Crippen LogP contribution in [0.4, 0.5) is 0 Å². The van der Waals surface area contributed by atoms with Gasteiger partial charge in [-0.1, -0.05) is 13.0 Å². The Morgan fingerprint density at radius 3 is 2.65 bits per heavy atom. The van der Waals surface area contributed by atoms with Crippen molar-refractivity contribution in [2.75, 3.05) is 33.2 Å². The predicted octanol–water partition coefficient (Wildman–Crippen LogP) is -2.26. The number of piperazine rings is 1. The van der Waals surface area contributed by atoms with Crippen molar-refractivity contribution >= 4 is 5.71 Å². The van der Waals surface area contributed by atoms with Crippen LogP contribution in [0.1, 0.15) is 18.9 Å². The molecule has 1 fully saturated rings. The second-order valence-electron chi connectivity index (χ2n) is 5.65. The summed E-state index contributed by atoms with van der Waals surface area (Å²) in [4.78, 5) is 27.5. The number of nitrogens with zero attached hydrogens (tertiary/aromatic N) is 3. The van der Waals surface area contributed by atoms with Gasteiger partial charge in [0.05, 0.1) is 44.5 Å². The van der Waals surface area contributed by atoms with Gasteiger partial charge in [0.15, 0.2) is 0 Å². The summed E-state index contributed by atoms with van der Waals surface area (Å²) in [6.45, 7) is 8.87. The van der Waals surface area contributed by atoms with Crippen LogP contribution in [0.3, 0.4) is 0 Å². The Hall–Kier alpha value is -2.35. The number of nitrogens with one attached hydrogen (secondary N) is 2. The Kier molecular flexibility index (Phi) is 5.38. The maximum atomic E-state index is 12.5. The van der Waals surface area contributed by atoms with E-state index in [1.807, 2.05) is 11.9 Å². The average molecular weight is 321 g/mol. The molecule has 23 heavy (non-hydrogen) atoms. The number of allylic oxidation sites excluding steroid dienone is 1. The number of hydrazone groups is 1. The molecule has 8 heteroatoms. The molecular weight excluding hydrogens is 298 g/mol. The van der Waals surface area contributed by atoms with Gasteiger partial charge in [0, 0.05) is 6.54 Å². The van der Waals surface area contributed by atoms with Crippen LogP contribution in [-0.4, -0.2) is 53.5 Å². The Bertz CT molecular complexity index is 711. The monoisotopic (exact) mass is 321 g/mol. The first-order valence-electron chi connectivity index (χ1n) is 7.77. The van der Waals surface area contributed by atoms with E-state index in [9.17, 15) is 14.7 Å². The molecule has 0 saturated carbocycles. The Balaban J connectivity index is 2.45. The van der Waals surface area contributed by atoms with Gasteiger partial charge in [0.2, 0.25) is 0 Å². The molecule has 0 amide bonds. The quantitative estimate of drug-likeness (QED) is 0.472. The summed E-state index contributed by atoms with van der Waals surface area (Å²) in [6, 6.07) is 0. The first kappa shape index (κ1) is 17.0. The van der Waals surface area contributed by atoms with Gasteiger partial charge in [-0.3, -0.25) is 14.8 Å². The van der Waals surface area contributed by atoms with Crippen molar-refractivity contribution in [3.63, 3.8) is 0 Å². The van der Waals surface area contributed by atoms with Crippen molar-refractivity contribution in [1.29, 1.82) is 0 Å². The zero-order chi connectivity index (χ0) is 17.0. The maximum Gasteiger partial charge on any atom is 0.328 e. The molecule has 1 aliphatic heterocycles. The molecule has 1 aromatic rings. The summed E-state index contributed by atoms with van der Waals surface area (Å²) in [5.41, 5.74) is -1.04. The molecule has 126 valence electrons. The fraction of sp³-hybridized carbons (Fsp3) is 0.533. The third-order valence-electron chi connectivity index (χ3n) is 3.94. The number of hydrogen-bond acceptors (Lipinski definition) is 5. The molecular formula is C15H23N5O3. The molecule has 2 N–H and O–H groups in total. The summed E-state index contributed by atoms with van der Waals surface area (Å²) in [6.07, 6.45) is 1.88. The normalized spacial score (nSPS) is 16.6. The van der Waals surface area contributed by atoms with Crippen LogP contribution >= 0.6 is 0 Å². The van der Waals surface area contributed by atoms with Crippen LogP contribution in [0, 0.1) is 0 Å². The molecule has 0 spiro atoms. The highest BCUT2D eigenvalue weighted by Gasteiger charge is 2.18. The first-order valence-corrected chi connectivity index (χ1v) is 7.77. The second-order valence-corrected chi connectivity index (χ2v) is 5.65. The molecule has 0 aliphatic carbocycles. The van der Waals surface area contributed by atoms with Crippen molar-refractivity contribution in [2.24, 2.45) is 5.10 Å². The summed E-state index contributed by atoms with van der Waals surface area (Å²) >= 11 is 0. The molecule has 0 aromatic carbocycles. The van der Waals surface area contributed by atoms with Gasteiger partial charge in [-0.15, -0.1) is 6.58 Å². The molecule has 2 rings (SSSR count). The summed E-state index contributed by atoms with van der Waals surface area (Å²) in [7, 11) is 2.12. The molecule has 2 heterocycles. The SMILES string of the molecule is C=CCn1c([O-])c(/C(CC)=N/N2CC[NH+](C)CC2)c(=O)[nH]c1=O. The molecule has 1 aliphatic rings. The minimum absolute atomic E-state index is 0.0519. The van der Waals surface area contributed by atoms with E-state index in [1.54, 1.807) is 0 Å². The van der Waals surface area contributed by atoms with Crippen LogP contribution in [0.2, 0.25) is 0 Å². The van der Waals surface area contributed by atoms with Crippen molar-refractivity contribution in [3.05, 3.63) is 39.1 Å². The largest absolute Gasteiger partial charge is 0.859 e. The van der Waals surface area contributed by atoms with Crippen LogP contribution in [0.15, 0.2) is 27.3 Å². The van der Waals surface area contributed by atoms with Crippen LogP contribution in [0.25, 0.3) is 0 Å². The van der Waals surface area contributed by atoms with Crippen molar-refractivity contribution in [1.82, 2.24) is 14.6 Å². The van der Waals surface area contributed by atoms with Crippen molar-refractivity contribution in [3.8, 4) is 5.88 Å². The highest BCUT2D eigenvalue weighted by atomic mass is 16.3. The van der Waals surface area contributed by atoms with E-state index >= 15 is 0 Å². The van der Waals surface area contributed by atoms with Gasteiger partial charge in [-0.2, -0.15) is 5.10 Å². The number of likely N-dealkylation sites (N-methyl/N-ethyl adjacent to an activating group) is 1. The number of rotatable bonds is 5. The van der Waals surface area contributed by atoms with Crippen LogP contribution < -0.4 is 21.3 Å². The van der Waals surface area contributed by atoms with Crippen LogP contribution in [0.5, 0.6) is 5.88 Å². The van der Waals surface area contributed by atoms with Crippen LogP contribution in [-0.2, 0) is 6.54 Å². The minimum atomic E-state index is -0.720. The Morgan fingerprint density at radius 2 is 2.09 bits per heavy atom. The van der Waals surface area contributed by atoms with Gasteiger partial charge < -0.3 is 14.6 Å². The fourth-order valence-electron chi connectivity index (χ4n) is 2.55. The topological polar surface area (TPSA) is 98.0 Å². The highest BCUT2D eigenvalue weighted by molar-refractivity contribution is 6.01. The lowest BCUT2D eigenvalue weighted by molar-refractivity contribution is -0.884. The molecule has 0 atom stereocenters. The number of hydrogen-bond donors (Lipinski definition) is 2. The van der Waals surface area contributed by atoms with E-state index in [0.717, 1.165) is 30.7 Å². The molecule has 8 nitrogen and oxygen atoms in total. The van der Waals surface area contributed by atoms with Gasteiger partial charge in [-0.25, -0.2) is 4.79 Å². The summed E-state index contributed by atoms with van der Waals surface area (Å²) < 4.78 is 0.961. The van der Waals surface area contributed by atoms with Gasteiger partial charge in [0.1, 0.15) is 0 Å². The highest BCUT2D eigenvalue weighted by Crippen LogP contribution is 2.11. The lowest BCUT2D eigenvalue weighted by Gasteiger charge is -2.29. The van der Waals surface area contributed by atoms with E-state index in [1.165, 1.54) is 11.0 Å². The fourth-order valence-corrected chi connectivity index (χ4v) is 2.55. The Morgan fingerprint density at radius 1 is 1.43 bits per heavy atom. The number of aromatic nitrogens is 2. The average Bonchev–Trinajstić information content (AvgIpc) is 2.52. The zero-order valence-corrected chi connectivity index (χ0v) is 13.6. The standard InChI is InChI=1S/C15H23N5O3/c1-4-6-20-14(22)12(13(21)16-15(20)23)11(5-2)17-19-9-7-18(3)8-10-19/h4,22H,1,5-10H2,2-3H3,(H,16,21,23)/b17-11+. The number of quaternary nitrogens is 1.